The largest absolute Gasteiger partial charge is 0.335 e. The minimum absolute atomic E-state index is 0.246. The van der Waals surface area contributed by atoms with Gasteiger partial charge in [0.15, 0.2) is 0 Å². The van der Waals surface area contributed by atoms with Crippen LogP contribution in [0.4, 0.5) is 0 Å². The van der Waals surface area contributed by atoms with Gasteiger partial charge in [-0.05, 0) is 25.2 Å². The molecular formula is C14H25N3. The number of hydrogen-bond donors (Lipinski definition) is 1. The Morgan fingerprint density at radius 3 is 2.76 bits per heavy atom. The normalized spacial score (nSPS) is 21.4. The summed E-state index contributed by atoms with van der Waals surface area (Å²) in [6.45, 7) is 5.49. The molecule has 1 atom stereocenters. The lowest BCUT2D eigenvalue weighted by Gasteiger charge is -2.38. The molecule has 1 aromatic rings. The molecule has 1 aliphatic rings. The van der Waals surface area contributed by atoms with Crippen molar-refractivity contribution in [3.63, 3.8) is 0 Å². The maximum Gasteiger partial charge on any atom is 0.110 e. The molecule has 1 heterocycles. The molecule has 1 aliphatic carbocycles. The van der Waals surface area contributed by atoms with Gasteiger partial charge >= 0.3 is 0 Å². The number of hydrogen-bond acceptors (Lipinski definition) is 2. The minimum atomic E-state index is 0.246. The molecule has 1 saturated carbocycles. The van der Waals surface area contributed by atoms with E-state index in [4.69, 9.17) is 5.73 Å². The summed E-state index contributed by atoms with van der Waals surface area (Å²) in [4.78, 5) is 4.44. The van der Waals surface area contributed by atoms with Gasteiger partial charge in [0.25, 0.3) is 0 Å². The summed E-state index contributed by atoms with van der Waals surface area (Å²) in [5.74, 6) is 1.15. The van der Waals surface area contributed by atoms with Crippen LogP contribution in [0.15, 0.2) is 12.4 Å². The summed E-state index contributed by atoms with van der Waals surface area (Å²) < 4.78 is 2.20. The fourth-order valence-electron chi connectivity index (χ4n) is 2.99. The maximum atomic E-state index is 6.44. The van der Waals surface area contributed by atoms with Crippen molar-refractivity contribution in [3.8, 4) is 0 Å². The predicted octanol–water partition coefficient (Wildman–Crippen LogP) is 2.74. The van der Waals surface area contributed by atoms with Gasteiger partial charge in [0.2, 0.25) is 0 Å². The van der Waals surface area contributed by atoms with Crippen molar-refractivity contribution in [1.82, 2.24) is 9.55 Å². The predicted molar refractivity (Wildman–Crippen MR) is 70.8 cm³/mol. The highest BCUT2D eigenvalue weighted by Gasteiger charge is 2.33. The molecule has 1 aromatic heterocycles. The van der Waals surface area contributed by atoms with Gasteiger partial charge in [-0.3, -0.25) is 0 Å². The summed E-state index contributed by atoms with van der Waals surface area (Å²) in [6, 6.07) is 0.246. The third-order valence-corrected chi connectivity index (χ3v) is 4.44. The first-order valence-electron chi connectivity index (χ1n) is 6.91. The lowest BCUT2D eigenvalue weighted by atomic mass is 9.70. The molecule has 0 aliphatic heterocycles. The van der Waals surface area contributed by atoms with Gasteiger partial charge in [-0.1, -0.05) is 26.2 Å². The van der Waals surface area contributed by atoms with Crippen LogP contribution in [0.2, 0.25) is 0 Å². The van der Waals surface area contributed by atoms with Crippen LogP contribution in [-0.4, -0.2) is 15.6 Å². The Morgan fingerprint density at radius 1 is 1.41 bits per heavy atom. The van der Waals surface area contributed by atoms with Crippen LogP contribution in [0, 0.1) is 5.41 Å². The Bertz CT molecular complexity index is 350. The standard InChI is InChI=1S/C14H25N3/c1-3-17-10-9-16-13(17)11-12(15)14(2)7-5-4-6-8-14/h9-10,12H,3-8,11,15H2,1-2H3. The van der Waals surface area contributed by atoms with Crippen molar-refractivity contribution < 1.29 is 0 Å². The lowest BCUT2D eigenvalue weighted by Crippen LogP contribution is -2.43. The van der Waals surface area contributed by atoms with Crippen molar-refractivity contribution in [2.24, 2.45) is 11.1 Å². The van der Waals surface area contributed by atoms with Crippen LogP contribution in [0.1, 0.15) is 51.8 Å². The molecule has 96 valence electrons. The van der Waals surface area contributed by atoms with Gasteiger partial charge in [-0.25, -0.2) is 4.98 Å². The average Bonchev–Trinajstić information content (AvgIpc) is 2.77. The summed E-state index contributed by atoms with van der Waals surface area (Å²) in [6.07, 6.45) is 11.5. The minimum Gasteiger partial charge on any atom is -0.335 e. The summed E-state index contributed by atoms with van der Waals surface area (Å²) >= 11 is 0. The molecule has 0 amide bonds. The van der Waals surface area contributed by atoms with Gasteiger partial charge in [0.05, 0.1) is 0 Å². The summed E-state index contributed by atoms with van der Waals surface area (Å²) in [5.41, 5.74) is 6.77. The molecule has 2 rings (SSSR count). The van der Waals surface area contributed by atoms with E-state index in [9.17, 15) is 0 Å². The third-order valence-electron chi connectivity index (χ3n) is 4.44. The molecule has 17 heavy (non-hydrogen) atoms. The third kappa shape index (κ3) is 2.71. The van der Waals surface area contributed by atoms with E-state index in [-0.39, 0.29) is 6.04 Å². The monoisotopic (exact) mass is 235 g/mol. The van der Waals surface area contributed by atoms with Gasteiger partial charge in [0, 0.05) is 31.4 Å². The van der Waals surface area contributed by atoms with E-state index in [1.807, 2.05) is 12.4 Å². The highest BCUT2D eigenvalue weighted by atomic mass is 15.1. The van der Waals surface area contributed by atoms with Crippen molar-refractivity contribution in [1.29, 1.82) is 0 Å². The number of nitrogens with two attached hydrogens (primary N) is 1. The fourth-order valence-corrected chi connectivity index (χ4v) is 2.99. The Labute approximate surface area is 104 Å². The van der Waals surface area contributed by atoms with Crippen molar-refractivity contribution >= 4 is 0 Å². The second-order valence-corrected chi connectivity index (χ2v) is 5.65. The number of aromatic nitrogens is 2. The van der Waals surface area contributed by atoms with Gasteiger partial charge < -0.3 is 10.3 Å². The molecule has 1 unspecified atom stereocenters. The molecule has 1 fully saturated rings. The molecule has 0 aromatic carbocycles. The second kappa shape index (κ2) is 5.21. The van der Waals surface area contributed by atoms with Gasteiger partial charge in [-0.2, -0.15) is 0 Å². The van der Waals surface area contributed by atoms with Crippen LogP contribution in [0.25, 0.3) is 0 Å². The van der Waals surface area contributed by atoms with Crippen molar-refractivity contribution in [3.05, 3.63) is 18.2 Å². The first kappa shape index (κ1) is 12.6. The van der Waals surface area contributed by atoms with E-state index in [0.717, 1.165) is 18.8 Å². The molecule has 3 nitrogen and oxygen atoms in total. The van der Waals surface area contributed by atoms with Crippen LogP contribution in [0.5, 0.6) is 0 Å². The van der Waals surface area contributed by atoms with E-state index in [1.54, 1.807) is 0 Å². The average molecular weight is 235 g/mol. The Kier molecular flexibility index (Phi) is 3.87. The number of nitrogens with zero attached hydrogens (tertiary/aromatic N) is 2. The zero-order valence-electron chi connectivity index (χ0n) is 11.2. The first-order chi connectivity index (χ1) is 8.15. The molecule has 0 saturated heterocycles. The molecule has 2 N–H and O–H groups in total. The van der Waals surface area contributed by atoms with Crippen LogP contribution in [-0.2, 0) is 13.0 Å². The number of aryl methyl sites for hydroxylation is 1. The highest BCUT2D eigenvalue weighted by molar-refractivity contribution is 4.99. The van der Waals surface area contributed by atoms with Gasteiger partial charge in [0.1, 0.15) is 5.82 Å². The van der Waals surface area contributed by atoms with E-state index < -0.39 is 0 Å². The molecule has 0 radical (unpaired) electrons. The fraction of sp³-hybridized carbons (Fsp3) is 0.786. The molecular weight excluding hydrogens is 210 g/mol. The van der Waals surface area contributed by atoms with E-state index in [0.29, 0.717) is 5.41 Å². The van der Waals surface area contributed by atoms with E-state index in [1.165, 1.54) is 32.1 Å². The van der Waals surface area contributed by atoms with E-state index >= 15 is 0 Å². The van der Waals surface area contributed by atoms with Crippen LogP contribution < -0.4 is 5.73 Å². The molecule has 0 bridgehead atoms. The Hall–Kier alpha value is -0.830. The van der Waals surface area contributed by atoms with E-state index in [2.05, 4.69) is 23.4 Å². The molecule has 3 heteroatoms. The topological polar surface area (TPSA) is 43.8 Å². The number of imidazole rings is 1. The smallest absolute Gasteiger partial charge is 0.110 e. The van der Waals surface area contributed by atoms with Crippen molar-refractivity contribution in [2.75, 3.05) is 0 Å². The zero-order valence-corrected chi connectivity index (χ0v) is 11.2. The quantitative estimate of drug-likeness (QED) is 0.872. The highest BCUT2D eigenvalue weighted by Crippen LogP contribution is 2.38. The second-order valence-electron chi connectivity index (χ2n) is 5.65. The zero-order chi connectivity index (χ0) is 12.3. The van der Waals surface area contributed by atoms with Crippen LogP contribution in [0.3, 0.4) is 0 Å². The Balaban J connectivity index is 2.02. The van der Waals surface area contributed by atoms with Gasteiger partial charge in [-0.15, -0.1) is 0 Å². The van der Waals surface area contributed by atoms with Crippen molar-refractivity contribution in [2.45, 2.75) is 65.0 Å². The summed E-state index contributed by atoms with van der Waals surface area (Å²) in [5, 5.41) is 0. The molecule has 0 spiro atoms. The van der Waals surface area contributed by atoms with Crippen LogP contribution >= 0.6 is 0 Å². The maximum absolute atomic E-state index is 6.44. The lowest BCUT2D eigenvalue weighted by molar-refractivity contribution is 0.167. The summed E-state index contributed by atoms with van der Waals surface area (Å²) in [7, 11) is 0. The Morgan fingerprint density at radius 2 is 2.12 bits per heavy atom. The first-order valence-corrected chi connectivity index (χ1v) is 6.91. The number of rotatable bonds is 4. The SMILES string of the molecule is CCn1ccnc1CC(N)C1(C)CCCCC1.